The molecule has 18 heavy (non-hydrogen) atoms. The Morgan fingerprint density at radius 2 is 1.67 bits per heavy atom. The lowest BCUT2D eigenvalue weighted by Crippen LogP contribution is -2.55. The Bertz CT molecular complexity index is 287. The Balaban J connectivity index is 2.62. The first-order chi connectivity index (χ1) is 8.40. The van der Waals surface area contributed by atoms with Crippen LogP contribution in [0.4, 0.5) is 0 Å². The molecule has 0 bridgehead atoms. The van der Waals surface area contributed by atoms with Crippen molar-refractivity contribution in [1.29, 1.82) is 0 Å². The van der Waals surface area contributed by atoms with Crippen molar-refractivity contribution >= 4 is 5.91 Å². The molecular formula is C10H19NO7. The quantitative estimate of drug-likeness (QED) is 0.291. The molecule has 1 aliphatic heterocycles. The number of amides is 1. The van der Waals surface area contributed by atoms with E-state index in [1.807, 2.05) is 0 Å². The topological polar surface area (TPSA) is 142 Å². The smallest absolute Gasteiger partial charge is 0.224 e. The minimum absolute atomic E-state index is 0.252. The van der Waals surface area contributed by atoms with Crippen LogP contribution in [0.2, 0.25) is 0 Å². The first-order valence-corrected chi connectivity index (χ1v) is 5.70. The number of hydrogen-bond donors (Lipinski definition) is 6. The number of carbonyl (C=O) groups excluding carboxylic acids is 1. The fourth-order valence-electron chi connectivity index (χ4n) is 1.85. The van der Waals surface area contributed by atoms with Crippen LogP contribution in [0.15, 0.2) is 0 Å². The summed E-state index contributed by atoms with van der Waals surface area (Å²) < 4.78 is 0. The molecule has 8 nitrogen and oxygen atoms in total. The maximum absolute atomic E-state index is 11.3. The largest absolute Gasteiger partial charge is 0.394 e. The van der Waals surface area contributed by atoms with Gasteiger partial charge in [0.25, 0.3) is 0 Å². The van der Waals surface area contributed by atoms with Gasteiger partial charge < -0.3 is 35.5 Å². The molecule has 1 amide bonds. The fraction of sp³-hybridized carbons (Fsp3) is 0.900. The molecule has 5 atom stereocenters. The standard InChI is InChI=1S/C10H19NO7/c12-4-5(13)7(15)8(16)9(17)10(18)11-3-1-2-6(11)14/h5,7-10,12-13,15-18H,1-4H2/t5-,7-,8+,9+,10?/m1/s1. The monoisotopic (exact) mass is 265 g/mol. The summed E-state index contributed by atoms with van der Waals surface area (Å²) in [5.41, 5.74) is 0. The Morgan fingerprint density at radius 3 is 2.11 bits per heavy atom. The number of nitrogens with zero attached hydrogens (tertiary/aromatic N) is 1. The zero-order valence-electron chi connectivity index (χ0n) is 9.75. The minimum Gasteiger partial charge on any atom is -0.394 e. The van der Waals surface area contributed by atoms with E-state index in [1.54, 1.807) is 0 Å². The third-order valence-electron chi connectivity index (χ3n) is 3.02. The third kappa shape index (κ3) is 3.16. The van der Waals surface area contributed by atoms with E-state index < -0.39 is 37.3 Å². The molecule has 0 spiro atoms. The summed E-state index contributed by atoms with van der Waals surface area (Å²) >= 11 is 0. The predicted molar refractivity (Wildman–Crippen MR) is 58.1 cm³/mol. The molecule has 6 N–H and O–H groups in total. The van der Waals surface area contributed by atoms with Crippen LogP contribution in [0.3, 0.4) is 0 Å². The van der Waals surface area contributed by atoms with Crippen LogP contribution in [0.1, 0.15) is 12.8 Å². The summed E-state index contributed by atoms with van der Waals surface area (Å²) in [6, 6.07) is 0. The summed E-state index contributed by atoms with van der Waals surface area (Å²) in [4.78, 5) is 12.3. The summed E-state index contributed by atoms with van der Waals surface area (Å²) in [5.74, 6) is -0.356. The molecule has 1 aliphatic rings. The molecule has 1 fully saturated rings. The second-order valence-electron chi connectivity index (χ2n) is 4.33. The van der Waals surface area contributed by atoms with Crippen molar-refractivity contribution in [3.8, 4) is 0 Å². The van der Waals surface area contributed by atoms with Crippen LogP contribution in [-0.2, 0) is 4.79 Å². The van der Waals surface area contributed by atoms with Gasteiger partial charge in [-0.3, -0.25) is 4.79 Å². The predicted octanol–water partition coefficient (Wildman–Crippen LogP) is -3.64. The fourth-order valence-corrected chi connectivity index (χ4v) is 1.85. The molecular weight excluding hydrogens is 246 g/mol. The molecule has 0 radical (unpaired) electrons. The van der Waals surface area contributed by atoms with Gasteiger partial charge in [-0.05, 0) is 6.42 Å². The normalized spacial score (nSPS) is 24.8. The maximum Gasteiger partial charge on any atom is 0.224 e. The van der Waals surface area contributed by atoms with Gasteiger partial charge in [-0.15, -0.1) is 0 Å². The van der Waals surface area contributed by atoms with Crippen molar-refractivity contribution < 1.29 is 35.4 Å². The zero-order valence-corrected chi connectivity index (χ0v) is 9.75. The Kier molecular flexibility index (Phi) is 5.45. The number of aliphatic hydroxyl groups is 6. The van der Waals surface area contributed by atoms with Crippen LogP contribution in [0, 0.1) is 0 Å². The van der Waals surface area contributed by atoms with E-state index in [4.69, 9.17) is 10.2 Å². The molecule has 8 heteroatoms. The molecule has 1 rings (SSSR count). The number of rotatable bonds is 6. The molecule has 0 aromatic carbocycles. The van der Waals surface area contributed by atoms with Gasteiger partial charge in [0.2, 0.25) is 5.91 Å². The van der Waals surface area contributed by atoms with Crippen LogP contribution >= 0.6 is 0 Å². The Morgan fingerprint density at radius 1 is 1.06 bits per heavy atom. The van der Waals surface area contributed by atoms with Crippen molar-refractivity contribution in [3.63, 3.8) is 0 Å². The minimum atomic E-state index is -1.88. The van der Waals surface area contributed by atoms with Crippen molar-refractivity contribution in [3.05, 3.63) is 0 Å². The maximum atomic E-state index is 11.3. The number of likely N-dealkylation sites (tertiary alicyclic amines) is 1. The van der Waals surface area contributed by atoms with Crippen molar-refractivity contribution in [2.75, 3.05) is 13.2 Å². The third-order valence-corrected chi connectivity index (χ3v) is 3.02. The lowest BCUT2D eigenvalue weighted by Gasteiger charge is -2.32. The van der Waals surface area contributed by atoms with E-state index in [-0.39, 0.29) is 18.9 Å². The van der Waals surface area contributed by atoms with E-state index in [0.29, 0.717) is 6.42 Å². The molecule has 0 aromatic heterocycles. The van der Waals surface area contributed by atoms with Crippen molar-refractivity contribution in [1.82, 2.24) is 4.90 Å². The number of carbonyl (C=O) groups is 1. The first-order valence-electron chi connectivity index (χ1n) is 5.70. The molecule has 106 valence electrons. The second kappa shape index (κ2) is 6.41. The van der Waals surface area contributed by atoms with Gasteiger partial charge in [0.15, 0.2) is 6.23 Å². The molecule has 0 aromatic rings. The van der Waals surface area contributed by atoms with Gasteiger partial charge in [-0.25, -0.2) is 0 Å². The van der Waals surface area contributed by atoms with Gasteiger partial charge in [0, 0.05) is 13.0 Å². The summed E-state index contributed by atoms with van der Waals surface area (Å²) in [6.07, 6.45) is -8.04. The average molecular weight is 265 g/mol. The molecule has 1 saturated heterocycles. The lowest BCUT2D eigenvalue weighted by atomic mass is 10.0. The highest BCUT2D eigenvalue weighted by atomic mass is 16.4. The van der Waals surface area contributed by atoms with E-state index >= 15 is 0 Å². The molecule has 1 heterocycles. The van der Waals surface area contributed by atoms with Gasteiger partial charge in [-0.2, -0.15) is 0 Å². The average Bonchev–Trinajstić information content (AvgIpc) is 2.80. The summed E-state index contributed by atoms with van der Waals surface area (Å²) in [7, 11) is 0. The lowest BCUT2D eigenvalue weighted by molar-refractivity contribution is -0.175. The highest BCUT2D eigenvalue weighted by molar-refractivity contribution is 5.78. The number of aliphatic hydroxyl groups excluding tert-OH is 6. The van der Waals surface area contributed by atoms with Gasteiger partial charge >= 0.3 is 0 Å². The van der Waals surface area contributed by atoms with Gasteiger partial charge in [0.05, 0.1) is 6.61 Å². The van der Waals surface area contributed by atoms with Crippen LogP contribution in [0.25, 0.3) is 0 Å². The van der Waals surface area contributed by atoms with Crippen LogP contribution in [-0.4, -0.2) is 85.2 Å². The van der Waals surface area contributed by atoms with E-state index in [9.17, 15) is 25.2 Å². The van der Waals surface area contributed by atoms with E-state index in [0.717, 1.165) is 4.90 Å². The molecule has 0 saturated carbocycles. The van der Waals surface area contributed by atoms with Crippen molar-refractivity contribution in [2.24, 2.45) is 0 Å². The highest BCUT2D eigenvalue weighted by Crippen LogP contribution is 2.17. The van der Waals surface area contributed by atoms with Crippen LogP contribution < -0.4 is 0 Å². The van der Waals surface area contributed by atoms with Crippen LogP contribution in [0.5, 0.6) is 0 Å². The second-order valence-corrected chi connectivity index (χ2v) is 4.33. The SMILES string of the molecule is O=C1CCCN1C(O)[C@@H](O)[C@@H](O)[C@H](O)[C@H](O)CO. The summed E-state index contributed by atoms with van der Waals surface area (Å²) in [5, 5.41) is 56.0. The first kappa shape index (κ1) is 15.3. The van der Waals surface area contributed by atoms with Gasteiger partial charge in [0.1, 0.15) is 24.4 Å². The van der Waals surface area contributed by atoms with Gasteiger partial charge in [-0.1, -0.05) is 0 Å². The number of hydrogen-bond acceptors (Lipinski definition) is 7. The van der Waals surface area contributed by atoms with Crippen molar-refractivity contribution in [2.45, 2.75) is 43.5 Å². The van der Waals surface area contributed by atoms with E-state index in [2.05, 4.69) is 0 Å². The Labute approximate surface area is 104 Å². The molecule has 0 aliphatic carbocycles. The zero-order chi connectivity index (χ0) is 13.9. The molecule has 1 unspecified atom stereocenters. The highest BCUT2D eigenvalue weighted by Gasteiger charge is 2.39. The summed E-state index contributed by atoms with van der Waals surface area (Å²) in [6.45, 7) is -0.549. The Hall–Kier alpha value is -0.770. The van der Waals surface area contributed by atoms with E-state index in [1.165, 1.54) is 0 Å².